The van der Waals surface area contributed by atoms with Crippen LogP contribution in [0.5, 0.6) is 0 Å². The number of nitrogens with one attached hydrogen (secondary N) is 1. The molecule has 1 aliphatic rings. The summed E-state index contributed by atoms with van der Waals surface area (Å²) in [5, 5.41) is 7.51. The third-order valence-electron chi connectivity index (χ3n) is 2.87. The fourth-order valence-corrected chi connectivity index (χ4v) is 1.92. The summed E-state index contributed by atoms with van der Waals surface area (Å²) in [5.74, 6) is 0.620. The van der Waals surface area contributed by atoms with Crippen LogP contribution in [0.15, 0.2) is 18.3 Å². The number of nitrogens with zero attached hydrogens (tertiary/aromatic N) is 3. The van der Waals surface area contributed by atoms with Crippen molar-refractivity contribution >= 4 is 11.6 Å². The molecule has 96 valence electrons. The first-order valence-electron chi connectivity index (χ1n) is 6.07. The Labute approximate surface area is 105 Å². The zero-order chi connectivity index (χ0) is 12.4. The molecule has 18 heavy (non-hydrogen) atoms. The van der Waals surface area contributed by atoms with Gasteiger partial charge in [0.25, 0.3) is 0 Å². The van der Waals surface area contributed by atoms with Crippen molar-refractivity contribution in [2.24, 2.45) is 0 Å². The average molecular weight is 248 g/mol. The lowest BCUT2D eigenvalue weighted by Gasteiger charge is -2.22. The molecule has 2 aromatic heterocycles. The predicted octanol–water partition coefficient (Wildman–Crippen LogP) is 0.865. The van der Waals surface area contributed by atoms with Gasteiger partial charge < -0.3 is 14.8 Å². The highest BCUT2D eigenvalue weighted by molar-refractivity contribution is 5.45. The lowest BCUT2D eigenvalue weighted by atomic mass is 10.3. The van der Waals surface area contributed by atoms with Crippen molar-refractivity contribution in [3.8, 4) is 0 Å². The maximum absolute atomic E-state index is 5.54. The van der Waals surface area contributed by atoms with Gasteiger partial charge in [0.1, 0.15) is 0 Å². The van der Waals surface area contributed by atoms with Gasteiger partial charge in [0.2, 0.25) is 5.95 Å². The van der Waals surface area contributed by atoms with Crippen LogP contribution in [-0.4, -0.2) is 47.1 Å². The van der Waals surface area contributed by atoms with Crippen molar-refractivity contribution < 1.29 is 9.47 Å². The van der Waals surface area contributed by atoms with Gasteiger partial charge in [-0.2, -0.15) is 4.98 Å². The number of aryl methyl sites for hydroxylation is 1. The van der Waals surface area contributed by atoms with Gasteiger partial charge in [0.15, 0.2) is 5.65 Å². The van der Waals surface area contributed by atoms with Gasteiger partial charge in [-0.3, -0.25) is 0 Å². The largest absolute Gasteiger partial charge is 0.376 e. The molecule has 1 unspecified atom stereocenters. The molecule has 6 nitrogen and oxygen atoms in total. The second-order valence-corrected chi connectivity index (χ2v) is 4.39. The second-order valence-electron chi connectivity index (χ2n) is 4.39. The molecule has 1 atom stereocenters. The molecule has 0 amide bonds. The Morgan fingerprint density at radius 2 is 2.44 bits per heavy atom. The van der Waals surface area contributed by atoms with Crippen LogP contribution in [0.25, 0.3) is 5.65 Å². The van der Waals surface area contributed by atoms with E-state index in [0.29, 0.717) is 32.3 Å². The number of aromatic nitrogens is 3. The van der Waals surface area contributed by atoms with Crippen LogP contribution >= 0.6 is 0 Å². The summed E-state index contributed by atoms with van der Waals surface area (Å²) in [5.41, 5.74) is 2.02. The minimum Gasteiger partial charge on any atom is -0.376 e. The summed E-state index contributed by atoms with van der Waals surface area (Å²) < 4.78 is 12.6. The molecule has 3 heterocycles. The van der Waals surface area contributed by atoms with E-state index >= 15 is 0 Å². The van der Waals surface area contributed by atoms with E-state index in [2.05, 4.69) is 15.4 Å². The van der Waals surface area contributed by atoms with E-state index in [4.69, 9.17) is 9.47 Å². The number of hydrogen-bond acceptors (Lipinski definition) is 5. The maximum atomic E-state index is 5.54. The first kappa shape index (κ1) is 11.4. The Morgan fingerprint density at radius 1 is 1.50 bits per heavy atom. The first-order valence-corrected chi connectivity index (χ1v) is 6.07. The fourth-order valence-electron chi connectivity index (χ4n) is 1.92. The second kappa shape index (κ2) is 4.91. The molecule has 2 aromatic rings. The molecule has 0 bridgehead atoms. The van der Waals surface area contributed by atoms with Gasteiger partial charge in [-0.25, -0.2) is 4.52 Å². The lowest BCUT2D eigenvalue weighted by Crippen LogP contribution is -2.34. The van der Waals surface area contributed by atoms with Crippen molar-refractivity contribution in [1.82, 2.24) is 14.6 Å². The number of pyridine rings is 1. The monoisotopic (exact) mass is 248 g/mol. The van der Waals surface area contributed by atoms with Crippen molar-refractivity contribution in [1.29, 1.82) is 0 Å². The molecule has 0 spiro atoms. The van der Waals surface area contributed by atoms with Crippen LogP contribution < -0.4 is 5.32 Å². The van der Waals surface area contributed by atoms with E-state index in [1.54, 1.807) is 4.52 Å². The van der Waals surface area contributed by atoms with E-state index in [9.17, 15) is 0 Å². The number of anilines is 1. The SMILES string of the molecule is Cc1ccn2nc(NCC3COCCO3)nc2c1. The summed E-state index contributed by atoms with van der Waals surface area (Å²) in [6.45, 7) is 4.66. The Balaban J connectivity index is 1.67. The first-order chi connectivity index (χ1) is 8.81. The van der Waals surface area contributed by atoms with Gasteiger partial charge in [-0.1, -0.05) is 0 Å². The zero-order valence-electron chi connectivity index (χ0n) is 10.3. The highest BCUT2D eigenvalue weighted by atomic mass is 16.6. The molecular formula is C12H16N4O2. The predicted molar refractivity (Wildman–Crippen MR) is 66.8 cm³/mol. The highest BCUT2D eigenvalue weighted by Crippen LogP contribution is 2.08. The molecule has 0 aromatic carbocycles. The van der Waals surface area contributed by atoms with E-state index in [0.717, 1.165) is 5.65 Å². The zero-order valence-corrected chi connectivity index (χ0v) is 10.3. The minimum absolute atomic E-state index is 0.0760. The van der Waals surface area contributed by atoms with Crippen LogP contribution in [0, 0.1) is 6.92 Å². The Bertz CT molecular complexity index is 534. The molecule has 0 aliphatic carbocycles. The third kappa shape index (κ3) is 2.44. The van der Waals surface area contributed by atoms with Crippen LogP contribution in [0.1, 0.15) is 5.56 Å². The highest BCUT2D eigenvalue weighted by Gasteiger charge is 2.14. The number of fused-ring (bicyclic) bond motifs is 1. The van der Waals surface area contributed by atoms with Crippen LogP contribution in [-0.2, 0) is 9.47 Å². The number of ether oxygens (including phenoxy) is 2. The number of hydrogen-bond donors (Lipinski definition) is 1. The van der Waals surface area contributed by atoms with Crippen molar-refractivity contribution in [3.05, 3.63) is 23.9 Å². The summed E-state index contributed by atoms with van der Waals surface area (Å²) >= 11 is 0. The smallest absolute Gasteiger partial charge is 0.243 e. The Kier molecular flexibility index (Phi) is 3.12. The molecule has 1 N–H and O–H groups in total. The molecule has 3 rings (SSSR count). The van der Waals surface area contributed by atoms with Gasteiger partial charge in [0.05, 0.1) is 25.9 Å². The fraction of sp³-hybridized carbons (Fsp3) is 0.500. The standard InChI is InChI=1S/C12H16N4O2/c1-9-2-3-16-11(6-9)14-12(15-16)13-7-10-8-17-4-5-18-10/h2-3,6,10H,4-5,7-8H2,1H3,(H,13,15). The van der Waals surface area contributed by atoms with E-state index < -0.39 is 0 Å². The topological polar surface area (TPSA) is 60.7 Å². The molecular weight excluding hydrogens is 232 g/mol. The lowest BCUT2D eigenvalue weighted by molar-refractivity contribution is -0.0819. The molecule has 6 heteroatoms. The normalized spacial score (nSPS) is 20.2. The summed E-state index contributed by atoms with van der Waals surface area (Å²) in [7, 11) is 0. The molecule has 0 radical (unpaired) electrons. The summed E-state index contributed by atoms with van der Waals surface area (Å²) in [6, 6.07) is 4.00. The molecule has 1 aliphatic heterocycles. The Hall–Kier alpha value is -1.66. The number of rotatable bonds is 3. The van der Waals surface area contributed by atoms with Crippen molar-refractivity contribution in [3.63, 3.8) is 0 Å². The van der Waals surface area contributed by atoms with Crippen LogP contribution in [0.2, 0.25) is 0 Å². The van der Waals surface area contributed by atoms with Gasteiger partial charge in [0, 0.05) is 12.7 Å². The van der Waals surface area contributed by atoms with Crippen molar-refractivity contribution in [2.75, 3.05) is 31.7 Å². The average Bonchev–Trinajstić information content (AvgIpc) is 2.79. The van der Waals surface area contributed by atoms with Gasteiger partial charge in [-0.15, -0.1) is 5.10 Å². The minimum atomic E-state index is 0.0760. The molecule has 1 saturated heterocycles. The van der Waals surface area contributed by atoms with Gasteiger partial charge in [-0.05, 0) is 24.6 Å². The third-order valence-corrected chi connectivity index (χ3v) is 2.87. The van der Waals surface area contributed by atoms with Crippen LogP contribution in [0.3, 0.4) is 0 Å². The quantitative estimate of drug-likeness (QED) is 0.873. The van der Waals surface area contributed by atoms with Gasteiger partial charge >= 0.3 is 0 Å². The summed E-state index contributed by atoms with van der Waals surface area (Å²) in [4.78, 5) is 4.40. The van der Waals surface area contributed by atoms with E-state index in [1.165, 1.54) is 5.56 Å². The van der Waals surface area contributed by atoms with E-state index in [-0.39, 0.29) is 6.10 Å². The Morgan fingerprint density at radius 3 is 3.28 bits per heavy atom. The molecule has 1 fully saturated rings. The summed E-state index contributed by atoms with van der Waals surface area (Å²) in [6.07, 6.45) is 1.98. The van der Waals surface area contributed by atoms with Crippen molar-refractivity contribution in [2.45, 2.75) is 13.0 Å². The maximum Gasteiger partial charge on any atom is 0.243 e. The van der Waals surface area contributed by atoms with Crippen LogP contribution in [0.4, 0.5) is 5.95 Å². The molecule has 0 saturated carbocycles. The van der Waals surface area contributed by atoms with E-state index in [1.807, 2.05) is 25.3 Å².